The standard InChI is InChI=1S/C54H44BN2S/c1-4-5-7-16-34-29-42(51-49(30-34)57-48-33-37-20-11-10-19-36(37)31-44(48)54(2,3)43-23-15-24-45(55-51)52(43)57)39-28-27-38(35-17-8-6-9-18-35)32-47(39)56-46-25-14-22-41-40-21-12-13-26-50(40)58-53(41)46/h6,8-15,17-33,56H,4-5,7,16H2,1-3H3. The highest BCUT2D eigenvalue weighted by Gasteiger charge is 2.41. The van der Waals surface area contributed by atoms with Crippen LogP contribution >= 0.6 is 11.3 Å². The van der Waals surface area contributed by atoms with E-state index in [1.54, 1.807) is 0 Å². The Morgan fingerprint density at radius 1 is 0.603 bits per heavy atom. The number of para-hydroxylation sites is 1. The highest BCUT2D eigenvalue weighted by molar-refractivity contribution is 7.26. The van der Waals surface area contributed by atoms with Crippen LogP contribution in [0, 0.1) is 0 Å². The summed E-state index contributed by atoms with van der Waals surface area (Å²) in [6.07, 6.45) is 4.62. The summed E-state index contributed by atoms with van der Waals surface area (Å²) in [4.78, 5) is 2.61. The fourth-order valence-corrected chi connectivity index (χ4v) is 10.9. The van der Waals surface area contributed by atoms with E-state index in [1.807, 2.05) is 11.3 Å². The van der Waals surface area contributed by atoms with Gasteiger partial charge in [-0.05, 0) is 98.9 Å². The molecule has 2 nitrogen and oxygen atoms in total. The molecule has 0 atom stereocenters. The van der Waals surface area contributed by atoms with Crippen molar-refractivity contribution in [3.63, 3.8) is 0 Å². The summed E-state index contributed by atoms with van der Waals surface area (Å²) in [5.41, 5.74) is 17.5. The molecule has 0 saturated heterocycles. The second kappa shape index (κ2) is 13.8. The quantitative estimate of drug-likeness (QED) is 0.122. The van der Waals surface area contributed by atoms with Crippen molar-refractivity contribution in [1.82, 2.24) is 0 Å². The Hall–Kier alpha value is -6.10. The summed E-state index contributed by atoms with van der Waals surface area (Å²) in [6, 6.07) is 59.0. The van der Waals surface area contributed by atoms with Gasteiger partial charge in [0.25, 0.3) is 0 Å². The summed E-state index contributed by atoms with van der Waals surface area (Å²) in [5.74, 6) is 0. The van der Waals surface area contributed by atoms with Crippen molar-refractivity contribution in [2.24, 2.45) is 0 Å². The van der Waals surface area contributed by atoms with Crippen molar-refractivity contribution in [2.75, 3.05) is 10.2 Å². The molecule has 8 aromatic carbocycles. The number of rotatable bonds is 8. The van der Waals surface area contributed by atoms with Crippen LogP contribution in [-0.2, 0) is 11.8 Å². The third-order valence-electron chi connectivity index (χ3n) is 12.7. The highest BCUT2D eigenvalue weighted by Crippen LogP contribution is 2.53. The zero-order valence-electron chi connectivity index (χ0n) is 33.3. The predicted molar refractivity (Wildman–Crippen MR) is 252 cm³/mol. The van der Waals surface area contributed by atoms with Gasteiger partial charge in [0.05, 0.1) is 16.1 Å². The van der Waals surface area contributed by atoms with Crippen LogP contribution < -0.4 is 21.1 Å². The van der Waals surface area contributed by atoms with E-state index in [0.29, 0.717) is 0 Å². The Labute approximate surface area is 346 Å². The second-order valence-corrected chi connectivity index (χ2v) is 17.7. The molecule has 4 heteroatoms. The number of anilines is 5. The van der Waals surface area contributed by atoms with E-state index in [-0.39, 0.29) is 5.41 Å². The zero-order chi connectivity index (χ0) is 39.0. The van der Waals surface area contributed by atoms with Gasteiger partial charge in [-0.2, -0.15) is 0 Å². The maximum Gasteiger partial charge on any atom is 0.197 e. The molecule has 2 aliphatic heterocycles. The summed E-state index contributed by atoms with van der Waals surface area (Å²) in [6.45, 7) is 7.10. The average Bonchev–Trinajstić information content (AvgIpc) is 3.65. The molecule has 2 aliphatic rings. The van der Waals surface area contributed by atoms with Gasteiger partial charge in [-0.3, -0.25) is 0 Å². The molecule has 1 aromatic heterocycles. The first-order valence-corrected chi connectivity index (χ1v) is 21.6. The van der Waals surface area contributed by atoms with Crippen molar-refractivity contribution >= 4 is 88.9 Å². The molecule has 9 aromatic rings. The minimum atomic E-state index is -0.161. The number of thiophene rings is 1. The van der Waals surface area contributed by atoms with Crippen LogP contribution in [0.15, 0.2) is 158 Å². The van der Waals surface area contributed by atoms with Crippen LogP contribution in [0.3, 0.4) is 0 Å². The number of fused-ring (bicyclic) bond motifs is 8. The van der Waals surface area contributed by atoms with Crippen LogP contribution in [0.5, 0.6) is 0 Å². The lowest BCUT2D eigenvalue weighted by molar-refractivity contribution is 0.633. The van der Waals surface area contributed by atoms with Gasteiger partial charge in [0.2, 0.25) is 0 Å². The Morgan fingerprint density at radius 2 is 1.38 bits per heavy atom. The van der Waals surface area contributed by atoms with Crippen molar-refractivity contribution in [1.29, 1.82) is 0 Å². The molecule has 0 spiro atoms. The summed E-state index contributed by atoms with van der Waals surface area (Å²) in [7, 11) is 2.47. The van der Waals surface area contributed by atoms with Crippen molar-refractivity contribution in [3.8, 4) is 22.3 Å². The van der Waals surface area contributed by atoms with E-state index in [0.717, 1.165) is 17.8 Å². The molecule has 0 unspecified atom stereocenters. The molecular formula is C54H44BN2S. The van der Waals surface area contributed by atoms with Crippen LogP contribution in [0.25, 0.3) is 53.2 Å². The first-order chi connectivity index (χ1) is 28.5. The van der Waals surface area contributed by atoms with Gasteiger partial charge >= 0.3 is 0 Å². The average molecular weight is 764 g/mol. The molecule has 58 heavy (non-hydrogen) atoms. The Morgan fingerprint density at radius 3 is 2.24 bits per heavy atom. The van der Waals surface area contributed by atoms with Gasteiger partial charge in [0.15, 0.2) is 7.28 Å². The fourth-order valence-electron chi connectivity index (χ4n) is 9.68. The van der Waals surface area contributed by atoms with Gasteiger partial charge in [-0.25, -0.2) is 0 Å². The minimum absolute atomic E-state index is 0.161. The van der Waals surface area contributed by atoms with E-state index >= 15 is 0 Å². The smallest absolute Gasteiger partial charge is 0.197 e. The van der Waals surface area contributed by atoms with Crippen molar-refractivity contribution in [3.05, 3.63) is 174 Å². The number of aryl methyl sites for hydroxylation is 1. The number of nitrogens with zero attached hydrogens (tertiary/aromatic N) is 1. The second-order valence-electron chi connectivity index (χ2n) is 16.6. The third-order valence-corrected chi connectivity index (χ3v) is 13.9. The van der Waals surface area contributed by atoms with E-state index in [1.165, 1.54) is 117 Å². The van der Waals surface area contributed by atoms with E-state index in [4.69, 9.17) is 0 Å². The molecule has 0 fully saturated rings. The van der Waals surface area contributed by atoms with Crippen molar-refractivity contribution < 1.29 is 0 Å². The normalized spacial score (nSPS) is 13.6. The Balaban J connectivity index is 1.16. The number of hydrogen-bond donors (Lipinski definition) is 1. The van der Waals surface area contributed by atoms with Gasteiger partial charge in [-0.1, -0.05) is 160 Å². The number of unbranched alkanes of at least 4 members (excludes halogenated alkanes) is 2. The Bertz CT molecular complexity index is 3070. The number of hydrogen-bond acceptors (Lipinski definition) is 3. The third kappa shape index (κ3) is 5.61. The molecule has 11 rings (SSSR count). The highest BCUT2D eigenvalue weighted by atomic mass is 32.1. The van der Waals surface area contributed by atoms with Crippen LogP contribution in [0.1, 0.15) is 56.7 Å². The van der Waals surface area contributed by atoms with Crippen LogP contribution in [-0.4, -0.2) is 7.28 Å². The van der Waals surface area contributed by atoms with Gasteiger partial charge in [-0.15, -0.1) is 11.3 Å². The van der Waals surface area contributed by atoms with E-state index in [9.17, 15) is 0 Å². The van der Waals surface area contributed by atoms with Gasteiger partial charge < -0.3 is 10.2 Å². The first kappa shape index (κ1) is 35.1. The van der Waals surface area contributed by atoms with Crippen molar-refractivity contribution in [2.45, 2.75) is 51.9 Å². The molecule has 0 amide bonds. The number of benzene rings is 8. The van der Waals surface area contributed by atoms with Gasteiger partial charge in [0.1, 0.15) is 0 Å². The maximum atomic E-state index is 4.06. The fraction of sp³-hybridized carbons (Fsp3) is 0.148. The van der Waals surface area contributed by atoms with E-state index < -0.39 is 0 Å². The molecule has 0 bridgehead atoms. The SMILES string of the molecule is CCCCCc1cc(-c2ccc(-c3ccccc3)cc2Nc2cccc3c2sc2ccccc23)c2c(c1)N1c3cc4ccccc4cc3C(C)(C)c3cccc(c31)[B]2. The lowest BCUT2D eigenvalue weighted by Gasteiger charge is -2.46. The molecule has 1 N–H and O–H groups in total. The summed E-state index contributed by atoms with van der Waals surface area (Å²) < 4.78 is 2.59. The zero-order valence-corrected chi connectivity index (χ0v) is 34.1. The summed E-state index contributed by atoms with van der Waals surface area (Å²) >= 11 is 1.87. The molecule has 1 radical (unpaired) electrons. The van der Waals surface area contributed by atoms with Crippen LogP contribution in [0.4, 0.5) is 28.4 Å². The molecule has 0 aliphatic carbocycles. The predicted octanol–water partition coefficient (Wildman–Crippen LogP) is 14.1. The molecule has 0 saturated carbocycles. The van der Waals surface area contributed by atoms with Gasteiger partial charge in [0, 0.05) is 43.5 Å². The maximum absolute atomic E-state index is 4.06. The summed E-state index contributed by atoms with van der Waals surface area (Å²) in [5, 5.41) is 9.22. The lowest BCUT2D eigenvalue weighted by Crippen LogP contribution is -2.45. The van der Waals surface area contributed by atoms with E-state index in [2.05, 4.69) is 196 Å². The first-order valence-electron chi connectivity index (χ1n) is 20.8. The molecule has 279 valence electrons. The molecule has 3 heterocycles. The van der Waals surface area contributed by atoms with Crippen LogP contribution in [0.2, 0.25) is 0 Å². The molecular weight excluding hydrogens is 719 g/mol. The minimum Gasteiger partial charge on any atom is -0.354 e. The largest absolute Gasteiger partial charge is 0.354 e. The number of nitrogens with one attached hydrogen (secondary N) is 1. The topological polar surface area (TPSA) is 15.3 Å². The lowest BCUT2D eigenvalue weighted by atomic mass is 9.55. The monoisotopic (exact) mass is 763 g/mol. The Kier molecular flexibility index (Phi) is 8.34.